The minimum Gasteiger partial charge on any atom is -0.455 e. The summed E-state index contributed by atoms with van der Waals surface area (Å²) in [6, 6.07) is 59.0. The summed E-state index contributed by atoms with van der Waals surface area (Å²) in [5, 5.41) is 8.70. The van der Waals surface area contributed by atoms with Crippen molar-refractivity contribution >= 4 is 76.3 Å². The monoisotopic (exact) mass is 703 g/mol. The van der Waals surface area contributed by atoms with Gasteiger partial charge in [-0.15, -0.1) is 0 Å². The lowest BCUT2D eigenvalue weighted by molar-refractivity contribution is 0.672. The zero-order valence-electron chi connectivity index (χ0n) is 29.4. The second-order valence-electron chi connectivity index (χ2n) is 14.0. The molecule has 0 amide bonds. The zero-order chi connectivity index (χ0) is 36.0. The number of benzene rings is 8. The topological polar surface area (TPSA) is 72.5 Å². The second-order valence-corrected chi connectivity index (χ2v) is 14.0. The molecular weight excluding hydrogens is 675 g/mol. The Morgan fingerprint density at radius 2 is 1.02 bits per heavy atom. The predicted octanol–water partition coefficient (Wildman–Crippen LogP) is 12.7. The van der Waals surface area contributed by atoms with Crippen LogP contribution in [-0.4, -0.2) is 24.5 Å². The van der Waals surface area contributed by atoms with Crippen molar-refractivity contribution in [1.29, 1.82) is 0 Å². The van der Waals surface area contributed by atoms with Crippen LogP contribution in [0.15, 0.2) is 174 Å². The van der Waals surface area contributed by atoms with E-state index in [9.17, 15) is 0 Å². The molecule has 12 rings (SSSR count). The fraction of sp³-hybridized carbons (Fsp3) is 0. The lowest BCUT2D eigenvalue weighted by Crippen LogP contribution is -2.01. The number of nitrogens with one attached hydrogen (secondary N) is 1. The van der Waals surface area contributed by atoms with Gasteiger partial charge in [0.25, 0.3) is 0 Å². The van der Waals surface area contributed by atoms with Gasteiger partial charge in [0.1, 0.15) is 11.2 Å². The van der Waals surface area contributed by atoms with Crippen molar-refractivity contribution in [3.63, 3.8) is 0 Å². The van der Waals surface area contributed by atoms with E-state index >= 15 is 0 Å². The average Bonchev–Trinajstić information content (AvgIpc) is 3.93. The van der Waals surface area contributed by atoms with Crippen molar-refractivity contribution in [2.45, 2.75) is 0 Å². The van der Waals surface area contributed by atoms with Crippen LogP contribution in [0.25, 0.3) is 116 Å². The fourth-order valence-electron chi connectivity index (χ4n) is 8.60. The Morgan fingerprint density at radius 1 is 0.418 bits per heavy atom. The number of aromatic amines is 1. The van der Waals surface area contributed by atoms with E-state index in [2.05, 4.69) is 161 Å². The van der Waals surface area contributed by atoms with Gasteiger partial charge in [0.15, 0.2) is 17.5 Å². The Morgan fingerprint density at radius 3 is 1.80 bits per heavy atom. The Kier molecular flexibility index (Phi) is 6.24. The summed E-state index contributed by atoms with van der Waals surface area (Å²) < 4.78 is 9.18. The Balaban J connectivity index is 1.18. The van der Waals surface area contributed by atoms with Crippen LogP contribution in [0.2, 0.25) is 0 Å². The summed E-state index contributed by atoms with van der Waals surface area (Å²) in [5.41, 5.74) is 9.90. The van der Waals surface area contributed by atoms with E-state index in [4.69, 9.17) is 19.4 Å². The molecule has 0 fully saturated rings. The van der Waals surface area contributed by atoms with Gasteiger partial charge in [-0.25, -0.2) is 15.0 Å². The molecule has 256 valence electrons. The molecular formula is C49H29N5O. The van der Waals surface area contributed by atoms with Crippen molar-refractivity contribution in [2.24, 2.45) is 0 Å². The number of para-hydroxylation sites is 3. The van der Waals surface area contributed by atoms with E-state index in [1.165, 1.54) is 10.8 Å². The third-order valence-corrected chi connectivity index (χ3v) is 11.0. The standard InChI is InChI=1S/C49H29N5O/c1-2-14-29(15-3-1)47-51-48(35-21-12-23-39-44(35)34-20-6-9-22-38(34)50-39)53-49(52-47)36-28-37-45-42(26-13-27-43(45)55-46(37)33-19-5-4-16-30(33)36)54-40-24-10-7-17-31(40)32-18-8-11-25-41(32)54/h1-28,50H. The third kappa shape index (κ3) is 4.39. The molecule has 0 aliphatic carbocycles. The Bertz CT molecular complexity index is 3450. The van der Waals surface area contributed by atoms with Gasteiger partial charge in [-0.05, 0) is 47.9 Å². The number of furan rings is 1. The van der Waals surface area contributed by atoms with E-state index in [0.717, 1.165) is 87.9 Å². The van der Waals surface area contributed by atoms with Crippen LogP contribution in [0.4, 0.5) is 0 Å². The fourth-order valence-corrected chi connectivity index (χ4v) is 8.60. The van der Waals surface area contributed by atoms with Crippen LogP contribution in [0.3, 0.4) is 0 Å². The maximum Gasteiger partial charge on any atom is 0.164 e. The predicted molar refractivity (Wildman–Crippen MR) is 225 cm³/mol. The first-order valence-corrected chi connectivity index (χ1v) is 18.5. The van der Waals surface area contributed by atoms with E-state index in [1.54, 1.807) is 0 Å². The normalized spacial score (nSPS) is 12.0. The minimum absolute atomic E-state index is 0.600. The Hall–Kier alpha value is -7.57. The highest BCUT2D eigenvalue weighted by molar-refractivity contribution is 6.22. The first-order chi connectivity index (χ1) is 27.3. The van der Waals surface area contributed by atoms with Crippen LogP contribution in [-0.2, 0) is 0 Å². The van der Waals surface area contributed by atoms with E-state index in [0.29, 0.717) is 17.5 Å². The largest absolute Gasteiger partial charge is 0.455 e. The van der Waals surface area contributed by atoms with Gasteiger partial charge in [-0.3, -0.25) is 0 Å². The molecule has 4 heterocycles. The van der Waals surface area contributed by atoms with Crippen LogP contribution in [0, 0.1) is 0 Å². The van der Waals surface area contributed by atoms with Gasteiger partial charge in [-0.1, -0.05) is 127 Å². The maximum absolute atomic E-state index is 6.82. The van der Waals surface area contributed by atoms with Crippen molar-refractivity contribution in [3.8, 4) is 39.9 Å². The lowest BCUT2D eigenvalue weighted by Gasteiger charge is -2.12. The molecule has 0 aliphatic heterocycles. The number of H-pyrrole nitrogens is 1. The highest BCUT2D eigenvalue weighted by atomic mass is 16.3. The third-order valence-electron chi connectivity index (χ3n) is 11.0. The number of hydrogen-bond acceptors (Lipinski definition) is 4. The van der Waals surface area contributed by atoms with Gasteiger partial charge < -0.3 is 14.0 Å². The summed E-state index contributed by atoms with van der Waals surface area (Å²) in [7, 11) is 0. The molecule has 4 aromatic heterocycles. The van der Waals surface area contributed by atoms with Gasteiger partial charge >= 0.3 is 0 Å². The summed E-state index contributed by atoms with van der Waals surface area (Å²) in [6.45, 7) is 0. The molecule has 6 heteroatoms. The molecule has 0 radical (unpaired) electrons. The lowest BCUT2D eigenvalue weighted by atomic mass is 9.99. The number of fused-ring (bicyclic) bond motifs is 11. The van der Waals surface area contributed by atoms with Crippen LogP contribution in [0.1, 0.15) is 0 Å². The highest BCUT2D eigenvalue weighted by Crippen LogP contribution is 2.44. The average molecular weight is 704 g/mol. The number of nitrogens with zero attached hydrogens (tertiary/aromatic N) is 4. The van der Waals surface area contributed by atoms with Crippen molar-refractivity contribution in [2.75, 3.05) is 0 Å². The van der Waals surface area contributed by atoms with Crippen molar-refractivity contribution in [1.82, 2.24) is 24.5 Å². The first kappa shape index (κ1) is 29.9. The molecule has 1 N–H and O–H groups in total. The SMILES string of the molecule is c1ccc(-c2nc(-c3cc4c(oc5cccc(-n6c7ccccc7c7ccccc76)c54)c4ccccc34)nc(-c3cccc4[nH]c5ccccc5c34)n2)cc1. The van der Waals surface area contributed by atoms with Crippen molar-refractivity contribution in [3.05, 3.63) is 170 Å². The summed E-state index contributed by atoms with van der Waals surface area (Å²) >= 11 is 0. The maximum atomic E-state index is 6.82. The van der Waals surface area contributed by atoms with E-state index in [-0.39, 0.29) is 0 Å². The molecule has 0 saturated heterocycles. The van der Waals surface area contributed by atoms with Crippen LogP contribution in [0.5, 0.6) is 0 Å². The van der Waals surface area contributed by atoms with Gasteiger partial charge in [0.2, 0.25) is 0 Å². The Labute approximate surface area is 314 Å². The zero-order valence-corrected chi connectivity index (χ0v) is 29.4. The van der Waals surface area contributed by atoms with E-state index < -0.39 is 0 Å². The van der Waals surface area contributed by atoms with Crippen LogP contribution < -0.4 is 0 Å². The molecule has 8 aromatic carbocycles. The molecule has 55 heavy (non-hydrogen) atoms. The number of rotatable bonds is 4. The molecule has 0 unspecified atom stereocenters. The molecule has 6 nitrogen and oxygen atoms in total. The van der Waals surface area contributed by atoms with E-state index in [1.807, 2.05) is 18.2 Å². The van der Waals surface area contributed by atoms with Gasteiger partial charge in [0.05, 0.1) is 22.1 Å². The van der Waals surface area contributed by atoms with Crippen molar-refractivity contribution < 1.29 is 4.42 Å². The molecule has 0 atom stereocenters. The quantitative estimate of drug-likeness (QED) is 0.198. The summed E-state index contributed by atoms with van der Waals surface area (Å²) in [5.74, 6) is 1.83. The molecule has 0 spiro atoms. The molecule has 0 bridgehead atoms. The number of hydrogen-bond donors (Lipinski definition) is 1. The number of aromatic nitrogens is 5. The molecule has 12 aromatic rings. The molecule has 0 saturated carbocycles. The summed E-state index contributed by atoms with van der Waals surface area (Å²) in [4.78, 5) is 19.3. The van der Waals surface area contributed by atoms with Crippen LogP contribution >= 0.6 is 0 Å². The van der Waals surface area contributed by atoms with Gasteiger partial charge in [0, 0.05) is 60.0 Å². The first-order valence-electron chi connectivity index (χ1n) is 18.5. The smallest absolute Gasteiger partial charge is 0.164 e. The van der Waals surface area contributed by atoms with Gasteiger partial charge in [-0.2, -0.15) is 0 Å². The molecule has 0 aliphatic rings. The summed E-state index contributed by atoms with van der Waals surface area (Å²) in [6.07, 6.45) is 0. The minimum atomic E-state index is 0.600. The second kappa shape index (κ2) is 11.5. The highest BCUT2D eigenvalue weighted by Gasteiger charge is 2.23.